The Kier molecular flexibility index (Phi) is 2.31. The number of thioether (sulfide) groups is 1. The molecule has 2 heterocycles. The highest BCUT2D eigenvalue weighted by Gasteiger charge is 2.02. The van der Waals surface area contributed by atoms with E-state index < -0.39 is 0 Å². The molecule has 0 atom stereocenters. The Balaban J connectivity index is 1.97. The van der Waals surface area contributed by atoms with Gasteiger partial charge in [0, 0.05) is 19.4 Å². The second-order valence-electron chi connectivity index (χ2n) is 2.48. The molecule has 1 N–H and O–H groups in total. The van der Waals surface area contributed by atoms with Crippen molar-refractivity contribution in [2.45, 2.75) is 10.9 Å². The molecule has 2 aromatic rings. The van der Waals surface area contributed by atoms with Crippen molar-refractivity contribution in [3.63, 3.8) is 0 Å². The van der Waals surface area contributed by atoms with Crippen molar-refractivity contribution in [1.29, 1.82) is 0 Å². The van der Waals surface area contributed by atoms with Gasteiger partial charge in [-0.2, -0.15) is 5.10 Å². The van der Waals surface area contributed by atoms with E-state index in [1.165, 1.54) is 0 Å². The summed E-state index contributed by atoms with van der Waals surface area (Å²) in [5.74, 6) is 1.73. The maximum Gasteiger partial charge on any atom is 0.165 e. The van der Waals surface area contributed by atoms with E-state index in [0.717, 1.165) is 16.7 Å². The van der Waals surface area contributed by atoms with Gasteiger partial charge in [0.25, 0.3) is 0 Å². The van der Waals surface area contributed by atoms with Crippen LogP contribution in [0.2, 0.25) is 0 Å². The molecule has 68 valence electrons. The lowest BCUT2D eigenvalue weighted by molar-refractivity contribution is 0.729. The smallest absolute Gasteiger partial charge is 0.165 e. The SMILES string of the molecule is Cn1ncnc1CSc1ncc[nH]1. The minimum Gasteiger partial charge on any atom is -0.340 e. The first-order valence-corrected chi connectivity index (χ1v) is 4.80. The summed E-state index contributed by atoms with van der Waals surface area (Å²) in [6, 6.07) is 0. The molecule has 0 aliphatic heterocycles. The summed E-state index contributed by atoms with van der Waals surface area (Å²) in [6.07, 6.45) is 5.09. The number of nitrogens with zero attached hydrogens (tertiary/aromatic N) is 4. The van der Waals surface area contributed by atoms with Gasteiger partial charge < -0.3 is 4.98 Å². The average molecular weight is 195 g/mol. The number of rotatable bonds is 3. The van der Waals surface area contributed by atoms with Gasteiger partial charge in [-0.15, -0.1) is 0 Å². The molecule has 0 aliphatic carbocycles. The van der Waals surface area contributed by atoms with Crippen molar-refractivity contribution in [3.8, 4) is 0 Å². The molecule has 0 aromatic carbocycles. The third-order valence-electron chi connectivity index (χ3n) is 1.62. The van der Waals surface area contributed by atoms with Gasteiger partial charge in [0.15, 0.2) is 5.16 Å². The van der Waals surface area contributed by atoms with E-state index in [4.69, 9.17) is 0 Å². The highest BCUT2D eigenvalue weighted by molar-refractivity contribution is 7.98. The molecule has 2 rings (SSSR count). The van der Waals surface area contributed by atoms with Crippen LogP contribution in [-0.4, -0.2) is 24.7 Å². The highest BCUT2D eigenvalue weighted by atomic mass is 32.2. The van der Waals surface area contributed by atoms with Crippen LogP contribution in [0.5, 0.6) is 0 Å². The Bertz CT molecular complexity index is 366. The fourth-order valence-corrected chi connectivity index (χ4v) is 1.73. The Hall–Kier alpha value is -1.30. The predicted molar refractivity (Wildman–Crippen MR) is 49.2 cm³/mol. The number of imidazole rings is 1. The van der Waals surface area contributed by atoms with Crippen molar-refractivity contribution in [3.05, 3.63) is 24.5 Å². The van der Waals surface area contributed by atoms with Crippen molar-refractivity contribution in [2.75, 3.05) is 0 Å². The van der Waals surface area contributed by atoms with Crippen LogP contribution in [0.15, 0.2) is 23.9 Å². The number of nitrogens with one attached hydrogen (secondary N) is 1. The first kappa shape index (κ1) is 8.31. The third-order valence-corrected chi connectivity index (χ3v) is 2.52. The zero-order valence-electron chi connectivity index (χ0n) is 7.14. The van der Waals surface area contributed by atoms with Gasteiger partial charge in [0.05, 0.1) is 5.75 Å². The molecular formula is C7H9N5S. The molecule has 0 unspecified atom stereocenters. The van der Waals surface area contributed by atoms with Gasteiger partial charge in [-0.05, 0) is 0 Å². The molecular weight excluding hydrogens is 186 g/mol. The van der Waals surface area contributed by atoms with Gasteiger partial charge in [-0.1, -0.05) is 11.8 Å². The summed E-state index contributed by atoms with van der Waals surface area (Å²) in [5.41, 5.74) is 0. The lowest BCUT2D eigenvalue weighted by atomic mass is 10.7. The van der Waals surface area contributed by atoms with E-state index in [9.17, 15) is 0 Å². The van der Waals surface area contributed by atoms with Crippen LogP contribution in [-0.2, 0) is 12.8 Å². The fourth-order valence-electron chi connectivity index (χ4n) is 0.913. The number of hydrogen-bond donors (Lipinski definition) is 1. The van der Waals surface area contributed by atoms with E-state index >= 15 is 0 Å². The molecule has 0 amide bonds. The number of aromatic nitrogens is 5. The largest absolute Gasteiger partial charge is 0.340 e. The first-order chi connectivity index (χ1) is 6.36. The fraction of sp³-hybridized carbons (Fsp3) is 0.286. The van der Waals surface area contributed by atoms with E-state index in [-0.39, 0.29) is 0 Å². The minimum atomic E-state index is 0.782. The van der Waals surface area contributed by atoms with E-state index in [0.29, 0.717) is 0 Å². The molecule has 0 fully saturated rings. The van der Waals surface area contributed by atoms with Gasteiger partial charge in [0.2, 0.25) is 0 Å². The standard InChI is InChI=1S/C7H9N5S/c1-12-6(10-5-11-12)4-13-7-8-2-3-9-7/h2-3,5H,4H2,1H3,(H,8,9). The van der Waals surface area contributed by atoms with Crippen molar-refractivity contribution in [2.24, 2.45) is 7.05 Å². The van der Waals surface area contributed by atoms with Crippen molar-refractivity contribution < 1.29 is 0 Å². The van der Waals surface area contributed by atoms with E-state index in [1.54, 1.807) is 35.2 Å². The van der Waals surface area contributed by atoms with Crippen LogP contribution < -0.4 is 0 Å². The maximum absolute atomic E-state index is 4.10. The molecule has 0 aliphatic rings. The Morgan fingerprint density at radius 3 is 3.08 bits per heavy atom. The third kappa shape index (κ3) is 1.89. The van der Waals surface area contributed by atoms with E-state index in [1.807, 2.05) is 7.05 Å². The molecule has 2 aromatic heterocycles. The summed E-state index contributed by atoms with van der Waals surface area (Å²) in [5, 5.41) is 4.88. The number of aromatic amines is 1. The Morgan fingerprint density at radius 1 is 1.54 bits per heavy atom. The molecule has 0 radical (unpaired) electrons. The van der Waals surface area contributed by atoms with Gasteiger partial charge >= 0.3 is 0 Å². The monoisotopic (exact) mass is 195 g/mol. The van der Waals surface area contributed by atoms with Gasteiger partial charge in [-0.25, -0.2) is 9.97 Å². The summed E-state index contributed by atoms with van der Waals surface area (Å²) in [7, 11) is 1.88. The van der Waals surface area contributed by atoms with Gasteiger partial charge in [-0.3, -0.25) is 4.68 Å². The summed E-state index contributed by atoms with van der Waals surface area (Å²) >= 11 is 1.61. The molecule has 0 spiro atoms. The predicted octanol–water partition coefficient (Wildman–Crippen LogP) is 0.831. The second-order valence-corrected chi connectivity index (χ2v) is 3.45. The summed E-state index contributed by atoms with van der Waals surface area (Å²) < 4.78 is 1.76. The molecule has 0 saturated heterocycles. The lowest BCUT2D eigenvalue weighted by Crippen LogP contribution is -1.97. The van der Waals surface area contributed by atoms with E-state index in [2.05, 4.69) is 20.1 Å². The molecule has 0 bridgehead atoms. The van der Waals surface area contributed by atoms with Crippen LogP contribution in [0.1, 0.15) is 5.82 Å². The highest BCUT2D eigenvalue weighted by Crippen LogP contribution is 2.16. The lowest BCUT2D eigenvalue weighted by Gasteiger charge is -1.96. The molecule has 0 saturated carbocycles. The maximum atomic E-state index is 4.10. The normalized spacial score (nSPS) is 10.5. The van der Waals surface area contributed by atoms with Crippen molar-refractivity contribution in [1.82, 2.24) is 24.7 Å². The van der Waals surface area contributed by atoms with Gasteiger partial charge in [0.1, 0.15) is 12.2 Å². The average Bonchev–Trinajstić information content (AvgIpc) is 2.72. The first-order valence-electron chi connectivity index (χ1n) is 3.81. The van der Waals surface area contributed by atoms with Crippen LogP contribution in [0.4, 0.5) is 0 Å². The Labute approximate surface area is 79.6 Å². The van der Waals surface area contributed by atoms with Crippen molar-refractivity contribution >= 4 is 11.8 Å². The van der Waals surface area contributed by atoms with Crippen LogP contribution >= 0.6 is 11.8 Å². The molecule has 13 heavy (non-hydrogen) atoms. The summed E-state index contributed by atoms with van der Waals surface area (Å²) in [4.78, 5) is 11.2. The Morgan fingerprint density at radius 2 is 2.46 bits per heavy atom. The van der Waals surface area contributed by atoms with Crippen LogP contribution in [0, 0.1) is 0 Å². The topological polar surface area (TPSA) is 59.4 Å². The summed E-state index contributed by atoms with van der Waals surface area (Å²) in [6.45, 7) is 0. The quantitative estimate of drug-likeness (QED) is 0.737. The zero-order chi connectivity index (χ0) is 9.10. The number of aryl methyl sites for hydroxylation is 1. The number of hydrogen-bond acceptors (Lipinski definition) is 4. The zero-order valence-corrected chi connectivity index (χ0v) is 7.95. The second kappa shape index (κ2) is 3.61. The van der Waals surface area contributed by atoms with Crippen LogP contribution in [0.25, 0.3) is 0 Å². The minimum absolute atomic E-state index is 0.782. The molecule has 5 nitrogen and oxygen atoms in total. The van der Waals surface area contributed by atoms with Crippen LogP contribution in [0.3, 0.4) is 0 Å². The number of H-pyrrole nitrogens is 1. The molecule has 6 heteroatoms.